The second kappa shape index (κ2) is 5.97. The van der Waals surface area contributed by atoms with Gasteiger partial charge in [-0.3, -0.25) is 4.99 Å². The fourth-order valence-corrected chi connectivity index (χ4v) is 1.75. The van der Waals surface area contributed by atoms with E-state index in [1.807, 2.05) is 0 Å². The van der Waals surface area contributed by atoms with E-state index in [2.05, 4.69) is 4.99 Å². The Balaban J connectivity index is 2.36. The van der Waals surface area contributed by atoms with Crippen molar-refractivity contribution in [3.8, 4) is 5.75 Å². The summed E-state index contributed by atoms with van der Waals surface area (Å²) in [6, 6.07) is 11.7. The number of aliphatic hydroxyl groups excluding tert-OH is 1. The average molecular weight is 295 g/mol. The zero-order chi connectivity index (χ0) is 15.5. The molecule has 0 fully saturated rings. The maximum Gasteiger partial charge on any atom is 0.418 e. The lowest BCUT2D eigenvalue weighted by atomic mass is 10.1. The number of hydrogen-bond donors (Lipinski definition) is 2. The van der Waals surface area contributed by atoms with Crippen molar-refractivity contribution in [3.05, 3.63) is 59.7 Å². The van der Waals surface area contributed by atoms with E-state index in [-0.39, 0.29) is 17.0 Å². The van der Waals surface area contributed by atoms with Crippen molar-refractivity contribution in [2.24, 2.45) is 4.99 Å². The predicted molar refractivity (Wildman–Crippen MR) is 72.8 cm³/mol. The summed E-state index contributed by atoms with van der Waals surface area (Å²) in [6.45, 7) is 0. The summed E-state index contributed by atoms with van der Waals surface area (Å²) in [7, 11) is 0. The van der Waals surface area contributed by atoms with E-state index in [0.717, 1.165) is 6.07 Å². The first kappa shape index (κ1) is 15.1. The Hall–Kier alpha value is -2.34. The van der Waals surface area contributed by atoms with Crippen LogP contribution in [0, 0.1) is 0 Å². The van der Waals surface area contributed by atoms with E-state index in [4.69, 9.17) is 0 Å². The fraction of sp³-hybridized carbons (Fsp3) is 0.133. The minimum absolute atomic E-state index is 0.00872. The third-order valence-corrected chi connectivity index (χ3v) is 2.82. The first-order chi connectivity index (χ1) is 9.89. The lowest BCUT2D eigenvalue weighted by Crippen LogP contribution is -2.20. The highest BCUT2D eigenvalue weighted by atomic mass is 19.4. The van der Waals surface area contributed by atoms with E-state index in [9.17, 15) is 23.4 Å². The first-order valence-corrected chi connectivity index (χ1v) is 6.05. The fourth-order valence-electron chi connectivity index (χ4n) is 1.75. The molecule has 0 radical (unpaired) electrons. The van der Waals surface area contributed by atoms with Gasteiger partial charge in [-0.15, -0.1) is 0 Å². The smallest absolute Gasteiger partial charge is 0.418 e. The number of nitrogens with zero attached hydrogens (tertiary/aromatic N) is 1. The number of aliphatic imine (C=N–C) groups is 1. The van der Waals surface area contributed by atoms with Crippen LogP contribution in [0.5, 0.6) is 5.75 Å². The van der Waals surface area contributed by atoms with Gasteiger partial charge >= 0.3 is 6.18 Å². The third-order valence-electron chi connectivity index (χ3n) is 2.82. The molecule has 2 N–H and O–H groups in total. The number of halogens is 3. The summed E-state index contributed by atoms with van der Waals surface area (Å²) < 4.78 is 37.8. The highest BCUT2D eigenvalue weighted by Crippen LogP contribution is 2.37. The van der Waals surface area contributed by atoms with Gasteiger partial charge in [-0.1, -0.05) is 30.3 Å². The molecule has 21 heavy (non-hydrogen) atoms. The van der Waals surface area contributed by atoms with Crippen molar-refractivity contribution in [1.29, 1.82) is 0 Å². The van der Waals surface area contributed by atoms with Crippen LogP contribution in [-0.4, -0.2) is 22.6 Å². The van der Waals surface area contributed by atoms with Crippen molar-refractivity contribution in [3.63, 3.8) is 0 Å². The lowest BCUT2D eigenvalue weighted by Gasteiger charge is -2.16. The van der Waals surface area contributed by atoms with Crippen LogP contribution in [0.3, 0.4) is 0 Å². The van der Waals surface area contributed by atoms with Crippen LogP contribution in [0.15, 0.2) is 53.5 Å². The number of benzene rings is 2. The minimum atomic E-state index is -4.76. The highest BCUT2D eigenvalue weighted by molar-refractivity contribution is 5.85. The van der Waals surface area contributed by atoms with Crippen LogP contribution in [0.4, 0.5) is 18.9 Å². The zero-order valence-electron chi connectivity index (χ0n) is 10.7. The molecule has 2 aromatic carbocycles. The SMILES string of the molecule is Oc1ccccc1C=Nc1ccccc1[C@@H](O)C(F)(F)F. The van der Waals surface area contributed by atoms with Crippen LogP contribution < -0.4 is 0 Å². The topological polar surface area (TPSA) is 52.8 Å². The number of aliphatic hydroxyl groups is 1. The standard InChI is InChI=1S/C15H12F3NO2/c16-15(17,18)14(21)11-6-2-3-7-12(11)19-9-10-5-1-4-8-13(10)20/h1-9,14,20-21H/t14-/m1/s1. The van der Waals surface area contributed by atoms with Crippen molar-refractivity contribution >= 4 is 11.9 Å². The largest absolute Gasteiger partial charge is 0.507 e. The molecular formula is C15H12F3NO2. The number of alkyl halides is 3. The number of rotatable bonds is 3. The molecule has 0 amide bonds. The van der Waals surface area contributed by atoms with Crippen LogP contribution in [0.1, 0.15) is 17.2 Å². The Morgan fingerprint density at radius 1 is 1.00 bits per heavy atom. The first-order valence-electron chi connectivity index (χ1n) is 6.05. The van der Waals surface area contributed by atoms with Crippen molar-refractivity contribution in [1.82, 2.24) is 0 Å². The van der Waals surface area contributed by atoms with Gasteiger partial charge in [0.15, 0.2) is 6.10 Å². The van der Waals surface area contributed by atoms with Crippen molar-refractivity contribution in [2.45, 2.75) is 12.3 Å². The number of hydrogen-bond acceptors (Lipinski definition) is 3. The maximum absolute atomic E-state index is 12.6. The summed E-state index contributed by atoms with van der Waals surface area (Å²) in [5.41, 5.74) is 0.0241. The zero-order valence-corrected chi connectivity index (χ0v) is 10.7. The minimum Gasteiger partial charge on any atom is -0.507 e. The molecule has 0 aliphatic rings. The molecule has 2 rings (SSSR count). The number of phenols is 1. The molecule has 0 aliphatic carbocycles. The van der Waals surface area contributed by atoms with Gasteiger partial charge in [-0.25, -0.2) is 0 Å². The Kier molecular flexibility index (Phi) is 4.28. The molecular weight excluding hydrogens is 283 g/mol. The van der Waals surface area contributed by atoms with Gasteiger partial charge in [0.05, 0.1) is 5.69 Å². The molecule has 0 unspecified atom stereocenters. The molecule has 0 spiro atoms. The van der Waals surface area contributed by atoms with Gasteiger partial charge in [0.1, 0.15) is 5.75 Å². The second-order valence-corrected chi connectivity index (χ2v) is 4.32. The van der Waals surface area contributed by atoms with Crippen molar-refractivity contribution < 1.29 is 23.4 Å². The Bertz CT molecular complexity index is 653. The van der Waals surface area contributed by atoms with E-state index in [1.165, 1.54) is 30.5 Å². The molecule has 110 valence electrons. The Morgan fingerprint density at radius 3 is 2.29 bits per heavy atom. The third kappa shape index (κ3) is 3.61. The van der Waals surface area contributed by atoms with E-state index in [0.29, 0.717) is 5.56 Å². The number of para-hydroxylation sites is 2. The summed E-state index contributed by atoms with van der Waals surface area (Å²) in [6.07, 6.45) is -6.12. The Morgan fingerprint density at radius 2 is 1.62 bits per heavy atom. The molecule has 0 aromatic heterocycles. The molecule has 1 atom stereocenters. The number of phenolic OH excluding ortho intramolecular Hbond substituents is 1. The molecule has 3 nitrogen and oxygen atoms in total. The lowest BCUT2D eigenvalue weighted by molar-refractivity contribution is -0.206. The summed E-state index contributed by atoms with van der Waals surface area (Å²) >= 11 is 0. The summed E-state index contributed by atoms with van der Waals surface area (Å²) in [5, 5.41) is 18.9. The summed E-state index contributed by atoms with van der Waals surface area (Å²) in [5.74, 6) is -0.0323. The Labute approximate surface area is 119 Å². The van der Waals surface area contributed by atoms with E-state index < -0.39 is 12.3 Å². The quantitative estimate of drug-likeness (QED) is 0.848. The van der Waals surface area contributed by atoms with Crippen LogP contribution in [0.25, 0.3) is 0 Å². The predicted octanol–water partition coefficient (Wildman–Crippen LogP) is 3.74. The van der Waals surface area contributed by atoms with Gasteiger partial charge in [-0.05, 0) is 18.2 Å². The number of aromatic hydroxyl groups is 1. The molecule has 0 saturated heterocycles. The van der Waals surface area contributed by atoms with Crippen LogP contribution >= 0.6 is 0 Å². The molecule has 0 saturated carbocycles. The molecule has 2 aromatic rings. The van der Waals surface area contributed by atoms with Crippen molar-refractivity contribution in [2.75, 3.05) is 0 Å². The normalized spacial score (nSPS) is 13.5. The highest BCUT2D eigenvalue weighted by Gasteiger charge is 2.40. The second-order valence-electron chi connectivity index (χ2n) is 4.32. The van der Waals surface area contributed by atoms with E-state index >= 15 is 0 Å². The molecule has 6 heteroatoms. The van der Waals surface area contributed by atoms with Gasteiger partial charge in [0.2, 0.25) is 0 Å². The molecule has 0 bridgehead atoms. The van der Waals surface area contributed by atoms with Crippen LogP contribution in [-0.2, 0) is 0 Å². The average Bonchev–Trinajstić information content (AvgIpc) is 2.45. The van der Waals surface area contributed by atoms with Gasteiger partial charge < -0.3 is 10.2 Å². The van der Waals surface area contributed by atoms with E-state index in [1.54, 1.807) is 18.2 Å². The molecule has 0 heterocycles. The maximum atomic E-state index is 12.6. The van der Waals surface area contributed by atoms with Gasteiger partial charge in [0.25, 0.3) is 0 Å². The molecule has 0 aliphatic heterocycles. The monoisotopic (exact) mass is 295 g/mol. The van der Waals surface area contributed by atoms with Gasteiger partial charge in [0, 0.05) is 17.3 Å². The van der Waals surface area contributed by atoms with Gasteiger partial charge in [-0.2, -0.15) is 13.2 Å². The van der Waals surface area contributed by atoms with Crippen LogP contribution in [0.2, 0.25) is 0 Å². The summed E-state index contributed by atoms with van der Waals surface area (Å²) in [4.78, 5) is 3.93.